The van der Waals surface area contributed by atoms with Crippen molar-refractivity contribution in [2.75, 3.05) is 114 Å². The van der Waals surface area contributed by atoms with Crippen molar-refractivity contribution in [2.24, 2.45) is 57.3 Å². The fraction of sp³-hybridized carbons (Fsp3) is 0.887. The van der Waals surface area contributed by atoms with Crippen LogP contribution in [0.2, 0.25) is 0 Å². The first-order valence-corrected chi connectivity index (χ1v) is 34.9. The smallest absolute Gasteiger partial charge is 0.243 e. The van der Waals surface area contributed by atoms with Crippen LogP contribution in [0.3, 0.4) is 0 Å². The quantitative estimate of drug-likeness (QED) is 0.109. The molecule has 26 N–H and O–H groups in total. The SMILES string of the molecule is CC(=O)N1CCC(N)CC1.CNC1CCOCC1.NC1CC(=O)NC1=O.NC1CCNCC1.NC1CCOCC1.NC1CCS(=O)(=O)C1.NC1CCS(=O)(=O)CC1.NC1CCSCC1.NC1CNC(=O)C1.N[C@H]1CCNC1=O.N[C@H]1CNC(=O)C1. The molecule has 0 radical (unpaired) electrons. The van der Waals surface area contributed by atoms with Crippen LogP contribution < -0.4 is 89.2 Å². The summed E-state index contributed by atoms with van der Waals surface area (Å²) in [5, 5.41) is 16.3. The van der Waals surface area contributed by atoms with E-state index >= 15 is 0 Å². The molecule has 11 aliphatic rings. The van der Waals surface area contributed by atoms with E-state index in [4.69, 9.17) is 66.8 Å². The van der Waals surface area contributed by atoms with Gasteiger partial charge in [0.05, 0.1) is 41.5 Å². The number of rotatable bonds is 1. The van der Waals surface area contributed by atoms with Gasteiger partial charge >= 0.3 is 0 Å². The number of carbonyl (C=O) groups is 6. The Bertz CT molecular complexity index is 2020. The number of imide groups is 1. The molecule has 0 aromatic carbocycles. The number of likely N-dealkylation sites (tertiary alicyclic amines) is 1. The molecule has 85 heavy (non-hydrogen) atoms. The molecular formula is C53H111N17O12S3. The number of piperidine rings is 2. The summed E-state index contributed by atoms with van der Waals surface area (Å²) in [7, 11) is -3.41. The number of hydrogen-bond acceptors (Lipinski definition) is 25. The largest absolute Gasteiger partial charge is 0.381 e. The van der Waals surface area contributed by atoms with Gasteiger partial charge in [0.15, 0.2) is 9.84 Å². The van der Waals surface area contributed by atoms with Crippen molar-refractivity contribution in [3.8, 4) is 0 Å². The van der Waals surface area contributed by atoms with E-state index in [1.165, 1.54) is 37.2 Å². The van der Waals surface area contributed by atoms with E-state index < -0.39 is 25.7 Å². The van der Waals surface area contributed by atoms with Gasteiger partial charge in [-0.05, 0) is 122 Å². The predicted octanol–water partition coefficient (Wildman–Crippen LogP) is -5.48. The zero-order valence-corrected chi connectivity index (χ0v) is 53.2. The van der Waals surface area contributed by atoms with Crippen LogP contribution in [0, 0.1) is 0 Å². The number of nitrogens with two attached hydrogens (primary N) is 10. The van der Waals surface area contributed by atoms with Gasteiger partial charge in [-0.15, -0.1) is 0 Å². The van der Waals surface area contributed by atoms with Gasteiger partial charge in [-0.25, -0.2) is 16.8 Å². The lowest BCUT2D eigenvalue weighted by molar-refractivity contribution is -0.130. The highest BCUT2D eigenvalue weighted by atomic mass is 32.2. The third kappa shape index (κ3) is 43.1. The van der Waals surface area contributed by atoms with Gasteiger partial charge < -0.3 is 98.3 Å². The van der Waals surface area contributed by atoms with E-state index in [0.29, 0.717) is 75.4 Å². The lowest BCUT2D eigenvalue weighted by Crippen LogP contribution is -2.41. The van der Waals surface area contributed by atoms with Crippen LogP contribution in [0.15, 0.2) is 0 Å². The lowest BCUT2D eigenvalue weighted by atomic mass is 10.1. The van der Waals surface area contributed by atoms with Gasteiger partial charge in [0.2, 0.25) is 35.4 Å². The molecule has 0 bridgehead atoms. The molecule has 11 rings (SSSR count). The molecule has 498 valence electrons. The first-order chi connectivity index (χ1) is 40.1. The molecule has 0 aromatic rings. The Hall–Kier alpha value is -3.29. The minimum atomic E-state index is -2.72. The maximum Gasteiger partial charge on any atom is 0.243 e. The number of ether oxygens (including phenoxy) is 2. The molecule has 0 aliphatic carbocycles. The number of carbonyl (C=O) groups excluding carboxylic acids is 6. The van der Waals surface area contributed by atoms with E-state index in [9.17, 15) is 45.6 Å². The summed E-state index contributed by atoms with van der Waals surface area (Å²) in [5.41, 5.74) is 54.3. The molecule has 11 heterocycles. The minimum Gasteiger partial charge on any atom is -0.381 e. The van der Waals surface area contributed by atoms with Gasteiger partial charge in [-0.1, -0.05) is 0 Å². The normalized spacial score (nSPS) is 27.5. The molecule has 29 nitrogen and oxygen atoms in total. The zero-order valence-electron chi connectivity index (χ0n) is 50.7. The highest BCUT2D eigenvalue weighted by Crippen LogP contribution is 2.15. The van der Waals surface area contributed by atoms with Crippen LogP contribution in [0.4, 0.5) is 0 Å². The number of sulfone groups is 2. The van der Waals surface area contributed by atoms with Gasteiger partial charge in [-0.3, -0.25) is 34.1 Å². The molecule has 11 saturated heterocycles. The second kappa shape index (κ2) is 45.9. The lowest BCUT2D eigenvalue weighted by Gasteiger charge is -2.28. The maximum atomic E-state index is 10.8. The second-order valence-electron chi connectivity index (χ2n) is 22.6. The van der Waals surface area contributed by atoms with Crippen LogP contribution in [0.5, 0.6) is 0 Å². The Kier molecular flexibility index (Phi) is 43.0. The molecule has 0 spiro atoms. The molecule has 11 fully saturated rings. The summed E-state index contributed by atoms with van der Waals surface area (Å²) in [4.78, 5) is 64.1. The number of thioether (sulfide) groups is 1. The zero-order chi connectivity index (χ0) is 63.8. The molecule has 32 heteroatoms. The third-order valence-corrected chi connectivity index (χ3v) is 19.1. The minimum absolute atomic E-state index is 0.0139. The Morgan fingerprint density at radius 1 is 0.494 bits per heavy atom. The molecule has 6 amide bonds. The summed E-state index contributed by atoms with van der Waals surface area (Å²) < 4.78 is 52.8. The van der Waals surface area contributed by atoms with Crippen LogP contribution in [0.1, 0.15) is 116 Å². The third-order valence-electron chi connectivity index (χ3n) is 14.5. The summed E-state index contributed by atoms with van der Waals surface area (Å²) in [6.45, 7) is 11.2. The topological polar surface area (TPSA) is 525 Å². The van der Waals surface area contributed by atoms with E-state index in [2.05, 4.69) is 31.9 Å². The van der Waals surface area contributed by atoms with Gasteiger partial charge in [0.1, 0.15) is 9.84 Å². The Balaban J connectivity index is 0.000000468. The van der Waals surface area contributed by atoms with Crippen LogP contribution in [-0.2, 0) is 57.9 Å². The summed E-state index contributed by atoms with van der Waals surface area (Å²) >= 11 is 2.02. The van der Waals surface area contributed by atoms with Crippen molar-refractivity contribution in [1.29, 1.82) is 0 Å². The highest BCUT2D eigenvalue weighted by molar-refractivity contribution is 7.99. The summed E-state index contributed by atoms with van der Waals surface area (Å²) in [6, 6.07) is 1.73. The second-order valence-corrected chi connectivity index (χ2v) is 28.4. The number of hydrogen-bond donors (Lipinski definition) is 16. The first-order valence-electron chi connectivity index (χ1n) is 30.1. The van der Waals surface area contributed by atoms with Crippen LogP contribution in [-0.4, -0.2) is 237 Å². The van der Waals surface area contributed by atoms with Gasteiger partial charge in [0, 0.05) is 133 Å². The monoisotopic (exact) mass is 1270 g/mol. The average Bonchev–Trinajstić information content (AvgIpc) is 4.36. The van der Waals surface area contributed by atoms with Crippen molar-refractivity contribution in [3.05, 3.63) is 0 Å². The fourth-order valence-corrected chi connectivity index (χ4v) is 13.0. The van der Waals surface area contributed by atoms with E-state index in [0.717, 1.165) is 104 Å². The fourth-order valence-electron chi connectivity index (χ4n) is 8.65. The van der Waals surface area contributed by atoms with E-state index in [1.807, 2.05) is 23.7 Å². The van der Waals surface area contributed by atoms with Gasteiger partial charge in [-0.2, -0.15) is 11.8 Å². The highest BCUT2D eigenvalue weighted by Gasteiger charge is 2.27. The molecule has 0 aromatic heterocycles. The maximum absolute atomic E-state index is 10.8. The summed E-state index contributed by atoms with van der Waals surface area (Å²) in [5.74, 6) is 3.27. The van der Waals surface area contributed by atoms with Crippen molar-refractivity contribution >= 4 is 66.9 Å². The molecule has 3 unspecified atom stereocenters. The molecule has 0 saturated carbocycles. The predicted molar refractivity (Wildman–Crippen MR) is 335 cm³/mol. The van der Waals surface area contributed by atoms with E-state index in [-0.39, 0.29) is 95.1 Å². The average molecular weight is 1270 g/mol. The standard InChI is InChI=1S/C7H14N2O.C6H13NO.C5H12N2.C5H11NO2S.C5H11NO.C5H11NS.C4H6N2O2.3C4H8N2O.C4H9NO2S/c1-6(10)9-4-2-7(8)3-5-9;1-7-6-2-4-8-5-3-6;6-5-1-3-7-4-2-5;6-5-1-3-9(7,8)4-2-5;2*6-5-1-3-7-4-2-5;5-2-1-3(7)6-4(2)8;2*5-3-1-4(7)6-2-3;5-3-1-2-6-4(3)7;5-4-1-2-8(6,7)3-4/h7H,2-5,8H2,1H3;6-7H,2-5H2,1H3;5,7H,1-4,6H2;5H,1-4,6H2;2*5H,1-4,6H2;2H,1,5H2,(H,6,7,8);3*3H,1-2,5H2,(H,6,7);4H,1-3,5H2/t;;;;;;;3-;;3-;/m.......1.0./s1. The van der Waals surface area contributed by atoms with Gasteiger partial charge in [0.25, 0.3) is 0 Å². The van der Waals surface area contributed by atoms with Crippen LogP contribution in [0.25, 0.3) is 0 Å². The number of amides is 6. The van der Waals surface area contributed by atoms with Crippen molar-refractivity contribution in [3.63, 3.8) is 0 Å². The molecular weight excluding hydrogens is 1160 g/mol. The Morgan fingerprint density at radius 3 is 1.16 bits per heavy atom. The summed E-state index contributed by atoms with van der Waals surface area (Å²) in [6.07, 6.45) is 15.0. The van der Waals surface area contributed by atoms with Crippen molar-refractivity contribution < 1.29 is 55.1 Å². The Morgan fingerprint density at radius 2 is 0.941 bits per heavy atom. The number of nitrogens with zero attached hydrogens (tertiary/aromatic N) is 1. The molecule has 5 atom stereocenters. The Labute approximate surface area is 510 Å². The first kappa shape index (κ1) is 79.7. The van der Waals surface area contributed by atoms with Crippen LogP contribution >= 0.6 is 11.8 Å². The number of nitrogens with one attached hydrogen (secondary N) is 6. The van der Waals surface area contributed by atoms with E-state index in [1.54, 1.807) is 6.92 Å². The van der Waals surface area contributed by atoms with Crippen molar-refractivity contribution in [1.82, 2.24) is 36.8 Å². The van der Waals surface area contributed by atoms with Crippen molar-refractivity contribution in [2.45, 2.75) is 183 Å². The molecule has 11 aliphatic heterocycles.